The van der Waals surface area contributed by atoms with E-state index in [1.807, 2.05) is 12.1 Å². The van der Waals surface area contributed by atoms with Crippen LogP contribution in [-0.2, 0) is 27.6 Å². The summed E-state index contributed by atoms with van der Waals surface area (Å²) in [7, 11) is -0.291. The maximum atomic E-state index is 12.6. The molecule has 1 aliphatic heterocycles. The van der Waals surface area contributed by atoms with Gasteiger partial charge in [0.05, 0.1) is 24.9 Å². The average Bonchev–Trinajstić information content (AvgIpc) is 2.71. The van der Waals surface area contributed by atoms with Crippen LogP contribution in [0.1, 0.15) is 17.5 Å². The van der Waals surface area contributed by atoms with Gasteiger partial charge in [0.1, 0.15) is 0 Å². The highest BCUT2D eigenvalue weighted by atomic mass is 32.2. The van der Waals surface area contributed by atoms with Crippen molar-refractivity contribution in [1.29, 1.82) is 0 Å². The first-order chi connectivity index (χ1) is 12.9. The smallest absolute Gasteiger partial charge is 0.223 e. The fourth-order valence-electron chi connectivity index (χ4n) is 3.22. The number of hydrogen-bond acceptors (Lipinski definition) is 5. The quantitative estimate of drug-likeness (QED) is 0.759. The van der Waals surface area contributed by atoms with Crippen molar-refractivity contribution in [3.8, 4) is 11.5 Å². The van der Waals surface area contributed by atoms with Crippen LogP contribution in [0.25, 0.3) is 0 Å². The molecule has 1 aliphatic rings. The van der Waals surface area contributed by atoms with E-state index in [0.29, 0.717) is 31.0 Å². The minimum Gasteiger partial charge on any atom is -0.493 e. The highest BCUT2D eigenvalue weighted by molar-refractivity contribution is 7.91. The summed E-state index contributed by atoms with van der Waals surface area (Å²) in [4.78, 5) is 14.5. The van der Waals surface area contributed by atoms with Crippen LogP contribution in [0.5, 0.6) is 11.5 Å². The third-order valence-electron chi connectivity index (χ3n) is 4.76. The van der Waals surface area contributed by atoms with Crippen molar-refractivity contribution in [3.05, 3.63) is 53.6 Å². The molecule has 1 heterocycles. The number of hydrogen-bond donors (Lipinski definition) is 0. The SMILES string of the molecule is COc1cc2c(cc1OC)CN(C(=O)CCS(=O)(=O)c1ccccc1)CC2. The number of amides is 1. The van der Waals surface area contributed by atoms with Crippen molar-refractivity contribution < 1.29 is 22.7 Å². The first-order valence-electron chi connectivity index (χ1n) is 8.74. The summed E-state index contributed by atoms with van der Waals surface area (Å²) in [6.45, 7) is 1.01. The van der Waals surface area contributed by atoms with Crippen molar-refractivity contribution in [2.45, 2.75) is 24.3 Å². The molecular weight excluding hydrogens is 366 g/mol. The molecule has 0 aliphatic carbocycles. The van der Waals surface area contributed by atoms with E-state index < -0.39 is 9.84 Å². The zero-order chi connectivity index (χ0) is 19.4. The van der Waals surface area contributed by atoms with Crippen LogP contribution in [0.4, 0.5) is 0 Å². The Morgan fingerprint density at radius 1 is 1.04 bits per heavy atom. The fourth-order valence-corrected chi connectivity index (χ4v) is 4.47. The van der Waals surface area contributed by atoms with Crippen LogP contribution in [0.3, 0.4) is 0 Å². The maximum absolute atomic E-state index is 12.6. The number of sulfone groups is 1. The Morgan fingerprint density at radius 3 is 2.30 bits per heavy atom. The second kappa shape index (κ2) is 8.00. The number of benzene rings is 2. The van der Waals surface area contributed by atoms with Gasteiger partial charge in [0.25, 0.3) is 0 Å². The van der Waals surface area contributed by atoms with E-state index in [-0.39, 0.29) is 23.0 Å². The van der Waals surface area contributed by atoms with Crippen molar-refractivity contribution in [2.75, 3.05) is 26.5 Å². The summed E-state index contributed by atoms with van der Waals surface area (Å²) in [6.07, 6.45) is 0.673. The molecule has 0 saturated heterocycles. The zero-order valence-corrected chi connectivity index (χ0v) is 16.3. The fraction of sp³-hybridized carbons (Fsp3) is 0.350. The molecule has 2 aromatic carbocycles. The minimum atomic E-state index is -3.46. The number of methoxy groups -OCH3 is 2. The van der Waals surface area contributed by atoms with Crippen LogP contribution < -0.4 is 9.47 Å². The van der Waals surface area contributed by atoms with Gasteiger partial charge < -0.3 is 14.4 Å². The van der Waals surface area contributed by atoms with Crippen LogP contribution in [-0.4, -0.2) is 45.7 Å². The summed E-state index contributed by atoms with van der Waals surface area (Å²) in [5, 5.41) is 0. The maximum Gasteiger partial charge on any atom is 0.223 e. The van der Waals surface area contributed by atoms with E-state index in [1.165, 1.54) is 0 Å². The third kappa shape index (κ3) is 4.24. The average molecular weight is 389 g/mol. The molecule has 0 radical (unpaired) electrons. The first-order valence-corrected chi connectivity index (χ1v) is 10.4. The van der Waals surface area contributed by atoms with E-state index in [9.17, 15) is 13.2 Å². The van der Waals surface area contributed by atoms with Gasteiger partial charge in [-0.05, 0) is 41.8 Å². The molecule has 0 unspecified atom stereocenters. The monoisotopic (exact) mass is 389 g/mol. The lowest BCUT2D eigenvalue weighted by Crippen LogP contribution is -2.36. The number of fused-ring (bicyclic) bond motifs is 1. The largest absolute Gasteiger partial charge is 0.493 e. The van der Waals surface area contributed by atoms with E-state index in [1.54, 1.807) is 49.5 Å². The molecule has 0 N–H and O–H groups in total. The number of ether oxygens (including phenoxy) is 2. The Kier molecular flexibility index (Phi) is 5.70. The van der Waals surface area contributed by atoms with Crippen LogP contribution in [0.2, 0.25) is 0 Å². The van der Waals surface area contributed by atoms with Crippen molar-refractivity contribution in [1.82, 2.24) is 4.90 Å². The first kappa shape index (κ1) is 19.2. The van der Waals surface area contributed by atoms with Crippen LogP contribution in [0, 0.1) is 0 Å². The molecule has 6 nitrogen and oxygen atoms in total. The summed E-state index contributed by atoms with van der Waals surface area (Å²) in [6, 6.07) is 12.0. The third-order valence-corrected chi connectivity index (χ3v) is 6.49. The van der Waals surface area contributed by atoms with E-state index in [0.717, 1.165) is 11.1 Å². The highest BCUT2D eigenvalue weighted by Gasteiger charge is 2.24. The minimum absolute atomic E-state index is 0.0279. The van der Waals surface area contributed by atoms with Gasteiger partial charge in [-0.15, -0.1) is 0 Å². The van der Waals surface area contributed by atoms with Gasteiger partial charge in [-0.2, -0.15) is 0 Å². The molecule has 0 bridgehead atoms. The number of rotatable bonds is 6. The summed E-state index contributed by atoms with van der Waals surface area (Å²) in [5.41, 5.74) is 2.12. The predicted octanol–water partition coefficient (Wildman–Crippen LogP) is 2.45. The second-order valence-corrected chi connectivity index (χ2v) is 8.53. The van der Waals surface area contributed by atoms with Gasteiger partial charge in [0.15, 0.2) is 21.3 Å². The number of carbonyl (C=O) groups excluding carboxylic acids is 1. The van der Waals surface area contributed by atoms with Gasteiger partial charge in [-0.25, -0.2) is 8.42 Å². The van der Waals surface area contributed by atoms with Crippen molar-refractivity contribution >= 4 is 15.7 Å². The Morgan fingerprint density at radius 2 is 1.67 bits per heavy atom. The molecule has 0 atom stereocenters. The molecule has 0 fully saturated rings. The van der Waals surface area contributed by atoms with Gasteiger partial charge >= 0.3 is 0 Å². The van der Waals surface area contributed by atoms with E-state index >= 15 is 0 Å². The Hall–Kier alpha value is -2.54. The molecule has 0 spiro atoms. The highest BCUT2D eigenvalue weighted by Crippen LogP contribution is 2.33. The molecule has 144 valence electrons. The summed E-state index contributed by atoms with van der Waals surface area (Å²) < 4.78 is 35.4. The lowest BCUT2D eigenvalue weighted by molar-refractivity contribution is -0.131. The lowest BCUT2D eigenvalue weighted by atomic mass is 9.98. The number of nitrogens with zero attached hydrogens (tertiary/aromatic N) is 1. The second-order valence-electron chi connectivity index (χ2n) is 6.42. The normalized spacial score (nSPS) is 13.8. The molecule has 0 aromatic heterocycles. The molecule has 1 amide bonds. The molecule has 27 heavy (non-hydrogen) atoms. The summed E-state index contributed by atoms with van der Waals surface area (Å²) >= 11 is 0. The van der Waals surface area contributed by atoms with Crippen LogP contribution in [0.15, 0.2) is 47.4 Å². The van der Waals surface area contributed by atoms with Crippen molar-refractivity contribution in [2.24, 2.45) is 0 Å². The molecule has 0 saturated carbocycles. The van der Waals surface area contributed by atoms with Gasteiger partial charge in [-0.1, -0.05) is 18.2 Å². The summed E-state index contributed by atoms with van der Waals surface area (Å²) in [5.74, 6) is 0.947. The molecule has 3 rings (SSSR count). The van der Waals surface area contributed by atoms with E-state index in [4.69, 9.17) is 9.47 Å². The van der Waals surface area contributed by atoms with E-state index in [2.05, 4.69) is 0 Å². The van der Waals surface area contributed by atoms with Gasteiger partial charge in [-0.3, -0.25) is 4.79 Å². The Bertz CT molecular complexity index is 925. The topological polar surface area (TPSA) is 72.9 Å². The van der Waals surface area contributed by atoms with Crippen LogP contribution >= 0.6 is 0 Å². The zero-order valence-electron chi connectivity index (χ0n) is 15.5. The number of carbonyl (C=O) groups is 1. The Balaban J connectivity index is 1.67. The van der Waals surface area contributed by atoms with Gasteiger partial charge in [0, 0.05) is 19.5 Å². The molecule has 2 aromatic rings. The standard InChI is InChI=1S/C20H23NO5S/c1-25-18-12-15-8-10-21(14-16(15)13-19(18)26-2)20(22)9-11-27(23,24)17-6-4-3-5-7-17/h3-7,12-13H,8-11,14H2,1-2H3. The van der Waals surface area contributed by atoms with Crippen molar-refractivity contribution in [3.63, 3.8) is 0 Å². The molecule has 7 heteroatoms. The Labute approximate surface area is 159 Å². The predicted molar refractivity (Wildman–Crippen MR) is 102 cm³/mol. The molecular formula is C20H23NO5S. The van der Waals surface area contributed by atoms with Gasteiger partial charge in [0.2, 0.25) is 5.91 Å². The lowest BCUT2D eigenvalue weighted by Gasteiger charge is -2.29.